The molecule has 1 N–H and O–H groups in total. The van der Waals surface area contributed by atoms with Crippen molar-refractivity contribution >= 4 is 6.08 Å². The van der Waals surface area contributed by atoms with E-state index in [1.165, 1.54) is 32.1 Å². The molecule has 4 aliphatic rings. The first-order valence-corrected chi connectivity index (χ1v) is 11.0. The van der Waals surface area contributed by atoms with Crippen molar-refractivity contribution in [3.63, 3.8) is 0 Å². The number of aromatic nitrogens is 1. The van der Waals surface area contributed by atoms with E-state index < -0.39 is 5.60 Å². The summed E-state index contributed by atoms with van der Waals surface area (Å²) in [5.41, 5.74) is 2.57. The van der Waals surface area contributed by atoms with Gasteiger partial charge in [-0.1, -0.05) is 37.6 Å². The maximum atomic E-state index is 11.4. The first kappa shape index (κ1) is 17.7. The Labute approximate surface area is 163 Å². The van der Waals surface area contributed by atoms with Gasteiger partial charge < -0.3 is 5.11 Å². The molecule has 1 heterocycles. The van der Waals surface area contributed by atoms with Crippen LogP contribution in [0.3, 0.4) is 0 Å². The Morgan fingerprint density at radius 3 is 2.78 bits per heavy atom. The summed E-state index contributed by atoms with van der Waals surface area (Å²) in [7, 11) is 0. The largest absolute Gasteiger partial charge is 0.385 e. The van der Waals surface area contributed by atoms with Crippen LogP contribution in [0, 0.1) is 28.6 Å². The van der Waals surface area contributed by atoms with Gasteiger partial charge in [0, 0.05) is 11.6 Å². The van der Waals surface area contributed by atoms with Crippen molar-refractivity contribution in [3.05, 3.63) is 47.8 Å². The molecule has 3 saturated carbocycles. The second-order valence-electron chi connectivity index (χ2n) is 10.1. The summed E-state index contributed by atoms with van der Waals surface area (Å²) < 4.78 is 0. The van der Waals surface area contributed by atoms with Gasteiger partial charge in [-0.2, -0.15) is 0 Å². The molecule has 2 nitrogen and oxygen atoms in total. The average Bonchev–Trinajstić information content (AvgIpc) is 2.99. The normalized spacial score (nSPS) is 47.4. The minimum atomic E-state index is -0.564. The summed E-state index contributed by atoms with van der Waals surface area (Å²) in [4.78, 5) is 4.55. The monoisotopic (exact) mass is 363 g/mol. The van der Waals surface area contributed by atoms with Gasteiger partial charge in [0.15, 0.2) is 0 Å². The molecule has 0 bridgehead atoms. The van der Waals surface area contributed by atoms with Gasteiger partial charge >= 0.3 is 0 Å². The first-order chi connectivity index (χ1) is 13.0. The highest BCUT2D eigenvalue weighted by molar-refractivity contribution is 5.52. The third-order valence-corrected chi connectivity index (χ3v) is 9.18. The maximum absolute atomic E-state index is 11.4. The van der Waals surface area contributed by atoms with Crippen LogP contribution in [0.1, 0.15) is 70.9 Å². The molecule has 3 fully saturated rings. The van der Waals surface area contributed by atoms with Crippen LogP contribution in [0.2, 0.25) is 0 Å². The Balaban J connectivity index is 1.47. The predicted molar refractivity (Wildman–Crippen MR) is 110 cm³/mol. The Kier molecular flexibility index (Phi) is 3.95. The molecule has 144 valence electrons. The molecule has 2 heteroatoms. The highest BCUT2D eigenvalue weighted by Gasteiger charge is 2.62. The van der Waals surface area contributed by atoms with Crippen LogP contribution in [0.5, 0.6) is 0 Å². The molecule has 27 heavy (non-hydrogen) atoms. The fourth-order valence-electron chi connectivity index (χ4n) is 7.54. The van der Waals surface area contributed by atoms with Gasteiger partial charge in [-0.25, -0.2) is 0 Å². The van der Waals surface area contributed by atoms with Gasteiger partial charge in [0.25, 0.3) is 0 Å². The van der Waals surface area contributed by atoms with Crippen LogP contribution in [0.15, 0.2) is 42.1 Å². The Hall–Kier alpha value is -1.41. The lowest BCUT2D eigenvalue weighted by atomic mass is 9.44. The summed E-state index contributed by atoms with van der Waals surface area (Å²) in [6.07, 6.45) is 18.2. The number of nitrogens with zero attached hydrogens (tertiary/aromatic N) is 1. The van der Waals surface area contributed by atoms with E-state index in [1.807, 2.05) is 12.3 Å². The van der Waals surface area contributed by atoms with Crippen LogP contribution < -0.4 is 0 Å². The van der Waals surface area contributed by atoms with Crippen LogP contribution >= 0.6 is 0 Å². The Morgan fingerprint density at radius 1 is 1.07 bits per heavy atom. The molecule has 0 aromatic carbocycles. The van der Waals surface area contributed by atoms with Gasteiger partial charge in [-0.3, -0.25) is 4.98 Å². The first-order valence-electron chi connectivity index (χ1n) is 11.0. The topological polar surface area (TPSA) is 33.1 Å². The molecule has 6 atom stereocenters. The number of fused-ring (bicyclic) bond motifs is 5. The molecule has 0 saturated heterocycles. The van der Waals surface area contributed by atoms with Gasteiger partial charge in [0.05, 0.1) is 11.3 Å². The second-order valence-corrected chi connectivity index (χ2v) is 10.1. The standard InChI is InChI=1S/C25H33NO/c1-23-14-11-22-20(10-15-25(27)13-5-4-12-24(22,25)2)21(23)9-8-18(23)17-19-7-3-6-16-26-19/h3,5-7,13,16-17,20-22,27H,4,8-12,14-15H2,1-2H3/b18-17+/t20-,21-,22-,23+,24+,25-/m0/s1. The molecule has 4 aliphatic carbocycles. The number of hydrogen-bond donors (Lipinski definition) is 1. The van der Waals surface area contributed by atoms with E-state index in [2.05, 4.69) is 49.2 Å². The number of hydrogen-bond acceptors (Lipinski definition) is 2. The van der Waals surface area contributed by atoms with Crippen molar-refractivity contribution in [2.45, 2.75) is 70.8 Å². The molecule has 0 radical (unpaired) electrons. The molecular formula is C25H33NO. The van der Waals surface area contributed by atoms with E-state index in [1.54, 1.807) is 5.57 Å². The van der Waals surface area contributed by atoms with E-state index >= 15 is 0 Å². The van der Waals surface area contributed by atoms with Crippen LogP contribution in [0.4, 0.5) is 0 Å². The van der Waals surface area contributed by atoms with Crippen molar-refractivity contribution in [3.8, 4) is 0 Å². The van der Waals surface area contributed by atoms with Gasteiger partial charge in [-0.15, -0.1) is 0 Å². The highest BCUT2D eigenvalue weighted by atomic mass is 16.3. The van der Waals surface area contributed by atoms with Crippen molar-refractivity contribution in [1.29, 1.82) is 0 Å². The third kappa shape index (κ3) is 2.45. The number of pyridine rings is 1. The Morgan fingerprint density at radius 2 is 1.96 bits per heavy atom. The number of allylic oxidation sites excluding steroid dienone is 2. The summed E-state index contributed by atoms with van der Waals surface area (Å²) in [5.74, 6) is 2.22. The lowest BCUT2D eigenvalue weighted by Gasteiger charge is -2.61. The number of rotatable bonds is 1. The lowest BCUT2D eigenvalue weighted by molar-refractivity contribution is -0.163. The van der Waals surface area contributed by atoms with Crippen molar-refractivity contribution in [2.24, 2.45) is 28.6 Å². The third-order valence-electron chi connectivity index (χ3n) is 9.18. The van der Waals surface area contributed by atoms with Gasteiger partial charge in [0.1, 0.15) is 0 Å². The van der Waals surface area contributed by atoms with Crippen LogP contribution in [0.25, 0.3) is 6.08 Å². The summed E-state index contributed by atoms with van der Waals surface area (Å²) in [5, 5.41) is 11.4. The summed E-state index contributed by atoms with van der Waals surface area (Å²) in [6, 6.07) is 6.21. The maximum Gasteiger partial charge on any atom is 0.0883 e. The summed E-state index contributed by atoms with van der Waals surface area (Å²) >= 11 is 0. The predicted octanol–water partition coefficient (Wildman–Crippen LogP) is 5.79. The minimum absolute atomic E-state index is 0.0689. The number of aliphatic hydroxyl groups is 1. The highest BCUT2D eigenvalue weighted by Crippen LogP contribution is 2.67. The smallest absolute Gasteiger partial charge is 0.0883 e. The zero-order valence-electron chi connectivity index (χ0n) is 16.8. The van der Waals surface area contributed by atoms with E-state index in [9.17, 15) is 5.11 Å². The molecule has 5 rings (SSSR count). The van der Waals surface area contributed by atoms with E-state index in [0.717, 1.165) is 36.8 Å². The molecule has 0 amide bonds. The van der Waals surface area contributed by atoms with Gasteiger partial charge in [0.2, 0.25) is 0 Å². The fraction of sp³-hybridized carbons (Fsp3) is 0.640. The van der Waals surface area contributed by atoms with Crippen LogP contribution in [-0.2, 0) is 0 Å². The molecule has 0 unspecified atom stereocenters. The van der Waals surface area contributed by atoms with Crippen molar-refractivity contribution in [2.75, 3.05) is 0 Å². The van der Waals surface area contributed by atoms with Gasteiger partial charge in [-0.05, 0) is 92.7 Å². The SMILES string of the molecule is C[C@]12CC[C@H]3[C@@H](CC[C@@]4(O)C=CCC[C@]34C)[C@@H]1CC/C2=C\c1ccccn1. The average molecular weight is 364 g/mol. The fourth-order valence-corrected chi connectivity index (χ4v) is 7.54. The lowest BCUT2D eigenvalue weighted by Crippen LogP contribution is -2.59. The van der Waals surface area contributed by atoms with E-state index in [0.29, 0.717) is 11.3 Å². The van der Waals surface area contributed by atoms with E-state index in [4.69, 9.17) is 0 Å². The summed E-state index contributed by atoms with van der Waals surface area (Å²) in [6.45, 7) is 4.93. The molecule has 1 aromatic heterocycles. The Bertz CT molecular complexity index is 783. The van der Waals surface area contributed by atoms with Crippen molar-refractivity contribution in [1.82, 2.24) is 4.98 Å². The molecule has 1 aromatic rings. The zero-order valence-corrected chi connectivity index (χ0v) is 16.8. The minimum Gasteiger partial charge on any atom is -0.385 e. The molecular weight excluding hydrogens is 330 g/mol. The van der Waals surface area contributed by atoms with E-state index in [-0.39, 0.29) is 5.41 Å². The molecule has 0 spiro atoms. The van der Waals surface area contributed by atoms with Crippen molar-refractivity contribution < 1.29 is 5.11 Å². The quantitative estimate of drug-likeness (QED) is 0.641. The second kappa shape index (κ2) is 6.04. The molecule has 0 aliphatic heterocycles. The zero-order chi connectivity index (χ0) is 18.7. The van der Waals surface area contributed by atoms with Crippen LogP contribution in [-0.4, -0.2) is 15.7 Å².